The van der Waals surface area contributed by atoms with E-state index >= 15 is 0 Å². The van der Waals surface area contributed by atoms with Crippen LogP contribution in [0.25, 0.3) is 0 Å². The van der Waals surface area contributed by atoms with E-state index in [1.54, 1.807) is 7.11 Å². The molecular weight excluding hydrogens is 349 g/mol. The maximum Gasteiger partial charge on any atom is 0.224 e. The lowest BCUT2D eigenvalue weighted by Crippen LogP contribution is -2.36. The van der Waals surface area contributed by atoms with Crippen LogP contribution < -0.4 is 20.3 Å². The number of rotatable bonds is 5. The van der Waals surface area contributed by atoms with Gasteiger partial charge in [0.1, 0.15) is 5.75 Å². The van der Waals surface area contributed by atoms with Crippen molar-refractivity contribution in [2.45, 2.75) is 12.8 Å². The lowest BCUT2D eigenvalue weighted by molar-refractivity contribution is -0.124. The van der Waals surface area contributed by atoms with E-state index in [0.29, 0.717) is 5.92 Å². The predicted molar refractivity (Wildman–Crippen MR) is 102 cm³/mol. The summed E-state index contributed by atoms with van der Waals surface area (Å²) in [6.07, 6.45) is 2.09. The summed E-state index contributed by atoms with van der Waals surface area (Å²) in [5, 5.41) is 6.37. The fourth-order valence-electron chi connectivity index (χ4n) is 3.31. The number of hydrogen-bond acceptors (Lipinski definition) is 4. The molecule has 0 spiro atoms. The van der Waals surface area contributed by atoms with Gasteiger partial charge in [-0.2, -0.15) is 0 Å². The number of benzene rings is 1. The van der Waals surface area contributed by atoms with Crippen LogP contribution in [-0.4, -0.2) is 45.7 Å². The number of amides is 1. The molecule has 2 saturated heterocycles. The van der Waals surface area contributed by atoms with E-state index in [1.807, 2.05) is 12.1 Å². The summed E-state index contributed by atoms with van der Waals surface area (Å²) in [6, 6.07) is 8.18. The molecule has 2 fully saturated rings. The lowest BCUT2D eigenvalue weighted by atomic mass is 10.1. The number of nitrogens with one attached hydrogen (secondary N) is 2. The number of ether oxygens (including phenoxy) is 1. The van der Waals surface area contributed by atoms with Crippen molar-refractivity contribution >= 4 is 36.4 Å². The Labute approximate surface area is 156 Å². The minimum atomic E-state index is 0. The van der Waals surface area contributed by atoms with Gasteiger partial charge in [0.05, 0.1) is 13.0 Å². The van der Waals surface area contributed by atoms with Gasteiger partial charge in [-0.1, -0.05) is 6.07 Å². The first-order valence-electron chi connectivity index (χ1n) is 8.13. The average molecular weight is 376 g/mol. The molecule has 24 heavy (non-hydrogen) atoms. The second-order valence-corrected chi connectivity index (χ2v) is 6.24. The predicted octanol–water partition coefficient (Wildman–Crippen LogP) is 2.09. The molecule has 1 aromatic carbocycles. The Bertz CT molecular complexity index is 524. The molecular formula is C17H27Cl2N3O2. The summed E-state index contributed by atoms with van der Waals surface area (Å²) in [6.45, 7) is 4.61. The SMILES string of the molecule is COc1cccc(N2CCC(CNC(=O)C3CCNC3)C2)c1.Cl.Cl. The van der Waals surface area contributed by atoms with E-state index in [-0.39, 0.29) is 36.6 Å². The number of carbonyl (C=O) groups is 1. The fraction of sp³-hybridized carbons (Fsp3) is 0.588. The van der Waals surface area contributed by atoms with Gasteiger partial charge in [0, 0.05) is 37.9 Å². The Kier molecular flexibility index (Phi) is 8.67. The van der Waals surface area contributed by atoms with E-state index in [0.717, 1.165) is 51.3 Å². The van der Waals surface area contributed by atoms with E-state index in [4.69, 9.17) is 4.74 Å². The minimum Gasteiger partial charge on any atom is -0.497 e. The normalized spacial score (nSPS) is 22.5. The molecule has 1 amide bonds. The molecule has 7 heteroatoms. The average Bonchev–Trinajstić information content (AvgIpc) is 3.24. The zero-order valence-electron chi connectivity index (χ0n) is 14.0. The van der Waals surface area contributed by atoms with Crippen molar-refractivity contribution in [3.63, 3.8) is 0 Å². The van der Waals surface area contributed by atoms with Gasteiger partial charge < -0.3 is 20.3 Å². The van der Waals surface area contributed by atoms with Crippen molar-refractivity contribution in [1.29, 1.82) is 0 Å². The van der Waals surface area contributed by atoms with Gasteiger partial charge in [0.2, 0.25) is 5.91 Å². The Morgan fingerprint density at radius 2 is 2.21 bits per heavy atom. The quantitative estimate of drug-likeness (QED) is 0.827. The number of hydrogen-bond donors (Lipinski definition) is 2. The zero-order chi connectivity index (χ0) is 15.4. The summed E-state index contributed by atoms with van der Waals surface area (Å²) < 4.78 is 5.29. The number of anilines is 1. The van der Waals surface area contributed by atoms with Gasteiger partial charge in [0.25, 0.3) is 0 Å². The van der Waals surface area contributed by atoms with Gasteiger partial charge in [-0.15, -0.1) is 24.8 Å². The first kappa shape index (κ1) is 20.9. The van der Waals surface area contributed by atoms with Gasteiger partial charge in [-0.25, -0.2) is 0 Å². The summed E-state index contributed by atoms with van der Waals surface area (Å²) in [7, 11) is 1.69. The largest absolute Gasteiger partial charge is 0.497 e. The topological polar surface area (TPSA) is 53.6 Å². The van der Waals surface area contributed by atoms with E-state index in [2.05, 4.69) is 27.7 Å². The number of halogens is 2. The van der Waals surface area contributed by atoms with Crippen LogP contribution in [0.2, 0.25) is 0 Å². The molecule has 0 aromatic heterocycles. The van der Waals surface area contributed by atoms with Crippen molar-refractivity contribution in [3.8, 4) is 5.75 Å². The highest BCUT2D eigenvalue weighted by molar-refractivity contribution is 5.85. The van der Waals surface area contributed by atoms with Crippen LogP contribution in [0.5, 0.6) is 5.75 Å². The molecule has 0 aliphatic carbocycles. The van der Waals surface area contributed by atoms with Gasteiger partial charge >= 0.3 is 0 Å². The molecule has 0 bridgehead atoms. The van der Waals surface area contributed by atoms with Crippen molar-refractivity contribution < 1.29 is 9.53 Å². The molecule has 2 N–H and O–H groups in total. The Morgan fingerprint density at radius 3 is 2.92 bits per heavy atom. The highest BCUT2D eigenvalue weighted by Crippen LogP contribution is 2.26. The number of carbonyl (C=O) groups excluding carboxylic acids is 1. The molecule has 2 heterocycles. The van der Waals surface area contributed by atoms with Gasteiger partial charge in [0.15, 0.2) is 0 Å². The lowest BCUT2D eigenvalue weighted by Gasteiger charge is -2.20. The Hall–Kier alpha value is -1.17. The minimum absolute atomic E-state index is 0. The molecule has 2 aliphatic rings. The Morgan fingerprint density at radius 1 is 1.38 bits per heavy atom. The van der Waals surface area contributed by atoms with Crippen LogP contribution in [0.1, 0.15) is 12.8 Å². The fourth-order valence-corrected chi connectivity index (χ4v) is 3.31. The van der Waals surface area contributed by atoms with Crippen molar-refractivity contribution in [1.82, 2.24) is 10.6 Å². The highest BCUT2D eigenvalue weighted by Gasteiger charge is 2.26. The molecule has 2 aliphatic heterocycles. The van der Waals surface area contributed by atoms with Crippen LogP contribution in [0, 0.1) is 11.8 Å². The molecule has 2 atom stereocenters. The number of methoxy groups -OCH3 is 1. The molecule has 0 saturated carbocycles. The van der Waals surface area contributed by atoms with Crippen LogP contribution in [0.4, 0.5) is 5.69 Å². The maximum atomic E-state index is 12.1. The summed E-state index contributed by atoms with van der Waals surface area (Å²) >= 11 is 0. The third-order valence-electron chi connectivity index (χ3n) is 4.70. The molecule has 5 nitrogen and oxygen atoms in total. The highest BCUT2D eigenvalue weighted by atomic mass is 35.5. The smallest absolute Gasteiger partial charge is 0.224 e. The third-order valence-corrected chi connectivity index (χ3v) is 4.70. The molecule has 3 rings (SSSR count). The van der Waals surface area contributed by atoms with E-state index in [9.17, 15) is 4.79 Å². The van der Waals surface area contributed by atoms with Crippen molar-refractivity contribution in [2.24, 2.45) is 11.8 Å². The van der Waals surface area contributed by atoms with Crippen LogP contribution in [0.15, 0.2) is 24.3 Å². The first-order valence-corrected chi connectivity index (χ1v) is 8.13. The molecule has 2 unspecified atom stereocenters. The molecule has 1 aromatic rings. The summed E-state index contributed by atoms with van der Waals surface area (Å²) in [4.78, 5) is 14.4. The zero-order valence-corrected chi connectivity index (χ0v) is 15.6. The molecule has 136 valence electrons. The molecule has 0 radical (unpaired) electrons. The third kappa shape index (κ3) is 5.16. The summed E-state index contributed by atoms with van der Waals surface area (Å²) in [5.74, 6) is 1.80. The Balaban J connectivity index is 0.00000144. The summed E-state index contributed by atoms with van der Waals surface area (Å²) in [5.41, 5.74) is 1.20. The van der Waals surface area contributed by atoms with Crippen molar-refractivity contribution in [2.75, 3.05) is 44.7 Å². The second-order valence-electron chi connectivity index (χ2n) is 6.24. The maximum absolute atomic E-state index is 12.1. The van der Waals surface area contributed by atoms with E-state index in [1.165, 1.54) is 5.69 Å². The first-order chi connectivity index (χ1) is 10.8. The van der Waals surface area contributed by atoms with Crippen molar-refractivity contribution in [3.05, 3.63) is 24.3 Å². The standard InChI is InChI=1S/C17H25N3O2.2ClH/c1-22-16-4-2-3-15(9-16)20-8-6-13(12-20)10-19-17(21)14-5-7-18-11-14;;/h2-4,9,13-14,18H,5-8,10-12H2,1H3,(H,19,21);2*1H. The van der Waals surface area contributed by atoms with Gasteiger partial charge in [-0.05, 0) is 37.4 Å². The van der Waals surface area contributed by atoms with E-state index < -0.39 is 0 Å². The van der Waals surface area contributed by atoms with Crippen LogP contribution in [0.3, 0.4) is 0 Å². The van der Waals surface area contributed by atoms with Crippen LogP contribution >= 0.6 is 24.8 Å². The second kappa shape index (κ2) is 9.97. The van der Waals surface area contributed by atoms with Gasteiger partial charge in [-0.3, -0.25) is 4.79 Å². The number of nitrogens with zero attached hydrogens (tertiary/aromatic N) is 1. The van der Waals surface area contributed by atoms with Crippen LogP contribution in [-0.2, 0) is 4.79 Å². The monoisotopic (exact) mass is 375 g/mol.